The van der Waals surface area contributed by atoms with Gasteiger partial charge in [0.25, 0.3) is 0 Å². The lowest BCUT2D eigenvalue weighted by molar-refractivity contribution is -0.138. The lowest BCUT2D eigenvalue weighted by Crippen LogP contribution is -2.31. The first-order valence-electron chi connectivity index (χ1n) is 3.66. The highest BCUT2D eigenvalue weighted by molar-refractivity contribution is 5.69. The highest BCUT2D eigenvalue weighted by Crippen LogP contribution is 2.07. The Kier molecular flexibility index (Phi) is 4.19. The summed E-state index contributed by atoms with van der Waals surface area (Å²) in [5, 5.41) is 8.16. The van der Waals surface area contributed by atoms with Crippen molar-refractivity contribution in [1.82, 2.24) is 5.48 Å². The SMILES string of the molecule is CC(C)(C)OC(=O)ONCC(=O)O. The maximum Gasteiger partial charge on any atom is 0.528 e. The number of hydrogen-bond acceptors (Lipinski definition) is 5. The Morgan fingerprint density at radius 3 is 2.31 bits per heavy atom. The molecular weight excluding hydrogens is 178 g/mol. The smallest absolute Gasteiger partial charge is 0.480 e. The zero-order valence-electron chi connectivity index (χ0n) is 7.79. The first-order valence-corrected chi connectivity index (χ1v) is 3.66. The third-order valence-corrected chi connectivity index (χ3v) is 0.768. The standard InChI is InChI=1S/C7H13NO5/c1-7(2,3)12-6(11)13-8-4-5(9)10/h8H,4H2,1-3H3,(H,9,10). The van der Waals surface area contributed by atoms with Gasteiger partial charge in [0, 0.05) is 0 Å². The van der Waals surface area contributed by atoms with E-state index in [1.165, 1.54) is 0 Å². The van der Waals surface area contributed by atoms with Crippen LogP contribution in [-0.4, -0.2) is 29.4 Å². The molecule has 0 aromatic heterocycles. The monoisotopic (exact) mass is 191 g/mol. The summed E-state index contributed by atoms with van der Waals surface area (Å²) >= 11 is 0. The third kappa shape index (κ3) is 8.61. The van der Waals surface area contributed by atoms with E-state index in [9.17, 15) is 9.59 Å². The van der Waals surface area contributed by atoms with Gasteiger partial charge in [-0.25, -0.2) is 4.79 Å². The summed E-state index contributed by atoms with van der Waals surface area (Å²) in [6.07, 6.45) is -0.950. The second kappa shape index (κ2) is 4.66. The first-order chi connectivity index (χ1) is 5.81. The number of hydroxylamine groups is 1. The van der Waals surface area contributed by atoms with Crippen molar-refractivity contribution in [1.29, 1.82) is 0 Å². The van der Waals surface area contributed by atoms with Crippen molar-refractivity contribution in [3.8, 4) is 0 Å². The van der Waals surface area contributed by atoms with Gasteiger partial charge in [0.1, 0.15) is 12.1 Å². The van der Waals surface area contributed by atoms with E-state index in [4.69, 9.17) is 9.84 Å². The normalized spacial score (nSPS) is 10.7. The van der Waals surface area contributed by atoms with Gasteiger partial charge in [-0.2, -0.15) is 0 Å². The fourth-order valence-electron chi connectivity index (χ4n) is 0.428. The van der Waals surface area contributed by atoms with Gasteiger partial charge in [0.05, 0.1) is 0 Å². The van der Waals surface area contributed by atoms with Crippen molar-refractivity contribution in [3.63, 3.8) is 0 Å². The van der Waals surface area contributed by atoms with E-state index in [0.29, 0.717) is 0 Å². The van der Waals surface area contributed by atoms with Crippen LogP contribution < -0.4 is 5.48 Å². The molecule has 0 spiro atoms. The number of ether oxygens (including phenoxy) is 1. The van der Waals surface area contributed by atoms with E-state index in [1.54, 1.807) is 20.8 Å². The lowest BCUT2D eigenvalue weighted by Gasteiger charge is -2.18. The molecule has 2 N–H and O–H groups in total. The number of carbonyl (C=O) groups is 2. The van der Waals surface area contributed by atoms with Gasteiger partial charge < -0.3 is 14.7 Å². The van der Waals surface area contributed by atoms with E-state index in [-0.39, 0.29) is 0 Å². The van der Waals surface area contributed by atoms with Crippen LogP contribution in [-0.2, 0) is 14.4 Å². The van der Waals surface area contributed by atoms with Gasteiger partial charge in [0.2, 0.25) is 0 Å². The number of nitrogens with one attached hydrogen (secondary N) is 1. The van der Waals surface area contributed by atoms with Gasteiger partial charge in [-0.3, -0.25) is 4.79 Å². The van der Waals surface area contributed by atoms with Gasteiger partial charge in [0.15, 0.2) is 0 Å². The zero-order chi connectivity index (χ0) is 10.5. The molecule has 76 valence electrons. The number of carboxylic acids is 1. The summed E-state index contributed by atoms with van der Waals surface area (Å²) in [7, 11) is 0. The van der Waals surface area contributed by atoms with E-state index in [1.807, 2.05) is 5.48 Å². The predicted molar refractivity (Wildman–Crippen MR) is 43.0 cm³/mol. The van der Waals surface area contributed by atoms with E-state index in [2.05, 4.69) is 4.84 Å². The second-order valence-electron chi connectivity index (χ2n) is 3.28. The lowest BCUT2D eigenvalue weighted by atomic mass is 10.2. The number of rotatable bonds is 3. The van der Waals surface area contributed by atoms with E-state index in [0.717, 1.165) is 0 Å². The summed E-state index contributed by atoms with van der Waals surface area (Å²) in [4.78, 5) is 24.9. The zero-order valence-corrected chi connectivity index (χ0v) is 7.79. The Morgan fingerprint density at radius 2 is 1.92 bits per heavy atom. The fraction of sp³-hybridized carbons (Fsp3) is 0.714. The molecule has 0 aromatic carbocycles. The molecule has 0 bridgehead atoms. The predicted octanol–water partition coefficient (Wildman–Crippen LogP) is 0.527. The Morgan fingerprint density at radius 1 is 1.38 bits per heavy atom. The minimum Gasteiger partial charge on any atom is -0.480 e. The van der Waals surface area contributed by atoms with Crippen LogP contribution in [0.15, 0.2) is 0 Å². The largest absolute Gasteiger partial charge is 0.528 e. The molecular formula is C7H13NO5. The Balaban J connectivity index is 3.59. The minimum atomic E-state index is -1.12. The number of carboxylic acid groups (broad SMARTS) is 1. The van der Waals surface area contributed by atoms with Crippen LogP contribution in [0.5, 0.6) is 0 Å². The molecule has 0 aromatic rings. The fourth-order valence-corrected chi connectivity index (χ4v) is 0.428. The molecule has 0 amide bonds. The molecule has 0 aliphatic rings. The Labute approximate surface area is 75.8 Å². The highest BCUT2D eigenvalue weighted by atomic mass is 16.8. The second-order valence-corrected chi connectivity index (χ2v) is 3.28. The highest BCUT2D eigenvalue weighted by Gasteiger charge is 2.17. The average Bonchev–Trinajstić information content (AvgIpc) is 1.81. The van der Waals surface area contributed by atoms with Crippen LogP contribution in [0.4, 0.5) is 4.79 Å². The number of aliphatic carboxylic acids is 1. The molecule has 0 unspecified atom stereocenters. The van der Waals surface area contributed by atoms with Crippen LogP contribution in [0.25, 0.3) is 0 Å². The summed E-state index contributed by atoms with van der Waals surface area (Å²) in [6, 6.07) is 0. The third-order valence-electron chi connectivity index (χ3n) is 0.768. The molecule has 0 saturated heterocycles. The molecule has 0 atom stereocenters. The van der Waals surface area contributed by atoms with Crippen LogP contribution >= 0.6 is 0 Å². The molecule has 0 heterocycles. The molecule has 0 aliphatic carbocycles. The topological polar surface area (TPSA) is 84.9 Å². The molecule has 0 radical (unpaired) electrons. The quantitative estimate of drug-likeness (QED) is 0.500. The van der Waals surface area contributed by atoms with Gasteiger partial charge in [-0.15, -0.1) is 5.48 Å². The first kappa shape index (κ1) is 11.7. The van der Waals surface area contributed by atoms with Crippen LogP contribution in [0.2, 0.25) is 0 Å². The van der Waals surface area contributed by atoms with Crippen LogP contribution in [0.1, 0.15) is 20.8 Å². The summed E-state index contributed by atoms with van der Waals surface area (Å²) in [5.41, 5.74) is 1.28. The van der Waals surface area contributed by atoms with Gasteiger partial charge >= 0.3 is 12.1 Å². The Hall–Kier alpha value is -1.30. The van der Waals surface area contributed by atoms with Crippen molar-refractivity contribution in [2.24, 2.45) is 0 Å². The molecule has 6 heteroatoms. The van der Waals surface area contributed by atoms with Crippen molar-refractivity contribution in [2.75, 3.05) is 6.54 Å². The summed E-state index contributed by atoms with van der Waals surface area (Å²) in [5.74, 6) is -1.12. The number of hydrogen-bond donors (Lipinski definition) is 2. The molecule has 6 nitrogen and oxygen atoms in total. The van der Waals surface area contributed by atoms with Gasteiger partial charge in [-0.05, 0) is 20.8 Å². The Bertz CT molecular complexity index is 196. The maximum atomic E-state index is 10.7. The number of carbonyl (C=O) groups excluding carboxylic acids is 1. The van der Waals surface area contributed by atoms with Crippen LogP contribution in [0.3, 0.4) is 0 Å². The molecule has 0 aliphatic heterocycles. The van der Waals surface area contributed by atoms with E-state index < -0.39 is 24.3 Å². The maximum absolute atomic E-state index is 10.7. The summed E-state index contributed by atoms with van der Waals surface area (Å²) < 4.78 is 4.70. The molecule has 13 heavy (non-hydrogen) atoms. The van der Waals surface area contributed by atoms with Crippen molar-refractivity contribution < 1.29 is 24.3 Å². The van der Waals surface area contributed by atoms with Gasteiger partial charge in [-0.1, -0.05) is 0 Å². The molecule has 0 rings (SSSR count). The van der Waals surface area contributed by atoms with Crippen molar-refractivity contribution in [2.45, 2.75) is 26.4 Å². The summed E-state index contributed by atoms with van der Waals surface area (Å²) in [6.45, 7) is 4.56. The molecule has 0 saturated carbocycles. The minimum absolute atomic E-state index is 0.459. The van der Waals surface area contributed by atoms with E-state index >= 15 is 0 Å². The van der Waals surface area contributed by atoms with Crippen LogP contribution in [0, 0.1) is 0 Å². The van der Waals surface area contributed by atoms with Crippen molar-refractivity contribution >= 4 is 12.1 Å². The average molecular weight is 191 g/mol. The van der Waals surface area contributed by atoms with Crippen molar-refractivity contribution in [3.05, 3.63) is 0 Å². The molecule has 0 fully saturated rings.